The van der Waals surface area contributed by atoms with E-state index in [1.807, 2.05) is 25.1 Å². The molecule has 2 heterocycles. The third kappa shape index (κ3) is 4.09. The minimum Gasteiger partial charge on any atom is -0.493 e. The van der Waals surface area contributed by atoms with E-state index in [2.05, 4.69) is 41.4 Å². The van der Waals surface area contributed by atoms with Gasteiger partial charge in [0.2, 0.25) is 0 Å². The molecule has 0 bridgehead atoms. The van der Waals surface area contributed by atoms with Gasteiger partial charge in [-0.3, -0.25) is 4.79 Å². The van der Waals surface area contributed by atoms with Gasteiger partial charge >= 0.3 is 0 Å². The molecule has 0 aliphatic carbocycles. The SMILES string of the molecule is COc1cccc2cc(C(=O)N[C@@H](C)c3ccc(N4CCC[C@@H](C)C4)cc3)oc12. The first-order valence-electron chi connectivity index (χ1n) is 10.3. The number of carbonyl (C=O) groups is 1. The minimum atomic E-state index is -0.232. The zero-order chi connectivity index (χ0) is 20.4. The number of fused-ring (bicyclic) bond motifs is 1. The van der Waals surface area contributed by atoms with Crippen LogP contribution in [0.15, 0.2) is 52.9 Å². The predicted octanol–water partition coefficient (Wildman–Crippen LogP) is 5.17. The second kappa shape index (κ2) is 8.19. The van der Waals surface area contributed by atoms with Crippen LogP contribution in [-0.4, -0.2) is 26.1 Å². The van der Waals surface area contributed by atoms with Gasteiger partial charge in [0.1, 0.15) is 0 Å². The number of nitrogens with one attached hydrogen (secondary N) is 1. The number of para-hydroxylation sites is 1. The van der Waals surface area contributed by atoms with Crippen LogP contribution in [0, 0.1) is 5.92 Å². The molecule has 5 nitrogen and oxygen atoms in total. The Balaban J connectivity index is 1.45. The average molecular weight is 392 g/mol. The third-order valence-electron chi connectivity index (χ3n) is 5.71. The Morgan fingerprint density at radius 2 is 2.03 bits per heavy atom. The molecule has 0 radical (unpaired) electrons. The minimum absolute atomic E-state index is 0.119. The van der Waals surface area contributed by atoms with Crippen molar-refractivity contribution in [1.82, 2.24) is 5.32 Å². The highest BCUT2D eigenvalue weighted by molar-refractivity contribution is 5.97. The lowest BCUT2D eigenvalue weighted by atomic mass is 9.99. The summed E-state index contributed by atoms with van der Waals surface area (Å²) in [5.41, 5.74) is 2.91. The van der Waals surface area contributed by atoms with Gasteiger partial charge in [0.15, 0.2) is 17.1 Å². The van der Waals surface area contributed by atoms with E-state index in [0.717, 1.165) is 30.0 Å². The molecule has 1 saturated heterocycles. The summed E-state index contributed by atoms with van der Waals surface area (Å²) in [6.07, 6.45) is 2.56. The summed E-state index contributed by atoms with van der Waals surface area (Å²) in [5.74, 6) is 1.42. The first-order valence-corrected chi connectivity index (χ1v) is 10.3. The summed E-state index contributed by atoms with van der Waals surface area (Å²) in [7, 11) is 1.59. The van der Waals surface area contributed by atoms with E-state index in [9.17, 15) is 4.79 Å². The van der Waals surface area contributed by atoms with Crippen LogP contribution in [0.3, 0.4) is 0 Å². The van der Waals surface area contributed by atoms with Crippen molar-refractivity contribution in [2.75, 3.05) is 25.1 Å². The van der Waals surface area contributed by atoms with Gasteiger partial charge in [-0.25, -0.2) is 0 Å². The van der Waals surface area contributed by atoms with Crippen molar-refractivity contribution in [1.29, 1.82) is 0 Å². The zero-order valence-corrected chi connectivity index (χ0v) is 17.3. The van der Waals surface area contributed by atoms with Crippen LogP contribution < -0.4 is 15.0 Å². The number of anilines is 1. The molecule has 3 aromatic rings. The first kappa shape index (κ1) is 19.4. The van der Waals surface area contributed by atoms with Crippen LogP contribution in [0.25, 0.3) is 11.0 Å². The van der Waals surface area contributed by atoms with E-state index < -0.39 is 0 Å². The molecule has 5 heteroatoms. The summed E-state index contributed by atoms with van der Waals surface area (Å²) < 4.78 is 11.1. The van der Waals surface area contributed by atoms with Crippen molar-refractivity contribution in [2.45, 2.75) is 32.7 Å². The summed E-state index contributed by atoms with van der Waals surface area (Å²) in [6.45, 7) is 6.53. The van der Waals surface area contributed by atoms with Gasteiger partial charge in [0.25, 0.3) is 5.91 Å². The van der Waals surface area contributed by atoms with Gasteiger partial charge in [0, 0.05) is 24.2 Å². The van der Waals surface area contributed by atoms with E-state index in [1.54, 1.807) is 13.2 Å². The normalized spacial score (nSPS) is 17.9. The van der Waals surface area contributed by atoms with Crippen molar-refractivity contribution < 1.29 is 13.9 Å². The molecule has 4 rings (SSSR count). The number of furan rings is 1. The number of amides is 1. The maximum Gasteiger partial charge on any atom is 0.287 e. The number of hydrogen-bond acceptors (Lipinski definition) is 4. The number of rotatable bonds is 5. The van der Waals surface area contributed by atoms with Crippen LogP contribution in [0.4, 0.5) is 5.69 Å². The second-order valence-corrected chi connectivity index (χ2v) is 7.97. The van der Waals surface area contributed by atoms with Gasteiger partial charge in [-0.05, 0) is 55.5 Å². The lowest BCUT2D eigenvalue weighted by Crippen LogP contribution is -2.34. The van der Waals surface area contributed by atoms with Crippen molar-refractivity contribution in [3.05, 3.63) is 59.9 Å². The van der Waals surface area contributed by atoms with Crippen LogP contribution in [0.1, 0.15) is 48.8 Å². The Morgan fingerprint density at radius 1 is 1.24 bits per heavy atom. The lowest BCUT2D eigenvalue weighted by Gasteiger charge is -2.33. The van der Waals surface area contributed by atoms with Gasteiger partial charge in [0.05, 0.1) is 13.2 Å². The van der Waals surface area contributed by atoms with Crippen LogP contribution in [-0.2, 0) is 0 Å². The quantitative estimate of drug-likeness (QED) is 0.651. The maximum atomic E-state index is 12.7. The molecule has 1 aromatic heterocycles. The third-order valence-corrected chi connectivity index (χ3v) is 5.71. The van der Waals surface area contributed by atoms with Crippen LogP contribution in [0.2, 0.25) is 0 Å². The van der Waals surface area contributed by atoms with Gasteiger partial charge in [-0.15, -0.1) is 0 Å². The summed E-state index contributed by atoms with van der Waals surface area (Å²) in [5, 5.41) is 3.88. The van der Waals surface area contributed by atoms with Crippen molar-refractivity contribution in [2.24, 2.45) is 5.92 Å². The molecule has 1 N–H and O–H groups in total. The molecule has 0 spiro atoms. The Bertz CT molecular complexity index is 993. The van der Waals surface area contributed by atoms with Gasteiger partial charge in [-0.2, -0.15) is 0 Å². The Hall–Kier alpha value is -2.95. The molecular formula is C24H28N2O3. The number of hydrogen-bond donors (Lipinski definition) is 1. The topological polar surface area (TPSA) is 54.7 Å². The van der Waals surface area contributed by atoms with Crippen LogP contribution >= 0.6 is 0 Å². The highest BCUT2D eigenvalue weighted by atomic mass is 16.5. The zero-order valence-electron chi connectivity index (χ0n) is 17.3. The summed E-state index contributed by atoms with van der Waals surface area (Å²) >= 11 is 0. The second-order valence-electron chi connectivity index (χ2n) is 7.97. The van der Waals surface area contributed by atoms with E-state index in [0.29, 0.717) is 11.3 Å². The molecule has 0 unspecified atom stereocenters. The van der Waals surface area contributed by atoms with E-state index in [1.165, 1.54) is 18.5 Å². The molecule has 1 aliphatic heterocycles. The van der Waals surface area contributed by atoms with Crippen molar-refractivity contribution in [3.8, 4) is 5.75 Å². The first-order chi connectivity index (χ1) is 14.0. The highest BCUT2D eigenvalue weighted by Crippen LogP contribution is 2.29. The number of nitrogens with zero attached hydrogens (tertiary/aromatic N) is 1. The van der Waals surface area contributed by atoms with E-state index >= 15 is 0 Å². The number of benzene rings is 2. The standard InChI is InChI=1S/C24H28N2O3/c1-16-6-5-13-26(15-16)20-11-9-18(10-12-20)17(2)25-24(27)22-14-19-7-4-8-21(28-3)23(19)29-22/h4,7-12,14,16-17H,5-6,13,15H2,1-3H3,(H,25,27)/t16-,17+/m1/s1. The van der Waals surface area contributed by atoms with E-state index in [4.69, 9.17) is 9.15 Å². The Labute approximate surface area is 171 Å². The Kier molecular flexibility index (Phi) is 5.47. The van der Waals surface area contributed by atoms with Gasteiger partial charge in [-0.1, -0.05) is 31.2 Å². The number of ether oxygens (including phenoxy) is 1. The van der Waals surface area contributed by atoms with Crippen molar-refractivity contribution in [3.63, 3.8) is 0 Å². The number of methoxy groups -OCH3 is 1. The number of carbonyl (C=O) groups excluding carboxylic acids is 1. The largest absolute Gasteiger partial charge is 0.493 e. The van der Waals surface area contributed by atoms with Crippen LogP contribution in [0.5, 0.6) is 5.75 Å². The van der Waals surface area contributed by atoms with E-state index in [-0.39, 0.29) is 17.7 Å². The van der Waals surface area contributed by atoms with Gasteiger partial charge < -0.3 is 19.4 Å². The maximum absolute atomic E-state index is 12.7. The Morgan fingerprint density at radius 3 is 2.76 bits per heavy atom. The predicted molar refractivity (Wildman–Crippen MR) is 116 cm³/mol. The highest BCUT2D eigenvalue weighted by Gasteiger charge is 2.19. The fourth-order valence-corrected chi connectivity index (χ4v) is 4.06. The fraction of sp³-hybridized carbons (Fsp3) is 0.375. The van der Waals surface area contributed by atoms with Crippen molar-refractivity contribution >= 4 is 22.6 Å². The molecule has 2 aromatic carbocycles. The lowest BCUT2D eigenvalue weighted by molar-refractivity contribution is 0.0914. The molecule has 1 fully saturated rings. The molecular weight excluding hydrogens is 364 g/mol. The smallest absolute Gasteiger partial charge is 0.287 e. The number of piperidine rings is 1. The molecule has 152 valence electrons. The molecule has 29 heavy (non-hydrogen) atoms. The molecule has 1 aliphatic rings. The summed E-state index contributed by atoms with van der Waals surface area (Å²) in [4.78, 5) is 15.1. The molecule has 1 amide bonds. The molecule has 2 atom stereocenters. The fourth-order valence-electron chi connectivity index (χ4n) is 4.06. The molecule has 0 saturated carbocycles. The summed E-state index contributed by atoms with van der Waals surface area (Å²) in [6, 6.07) is 15.7. The average Bonchev–Trinajstić information content (AvgIpc) is 3.18. The monoisotopic (exact) mass is 392 g/mol.